The summed E-state index contributed by atoms with van der Waals surface area (Å²) in [5.41, 5.74) is 19.1. The van der Waals surface area contributed by atoms with Crippen molar-refractivity contribution in [1.29, 1.82) is 0 Å². The summed E-state index contributed by atoms with van der Waals surface area (Å²) in [5.74, 6) is 0. The molecule has 0 aliphatic heterocycles. The monoisotopic (exact) mass is 853 g/mol. The Morgan fingerprint density at radius 3 is 1.66 bits per heavy atom. The van der Waals surface area contributed by atoms with E-state index in [4.69, 9.17) is 4.42 Å². The largest absolute Gasteiger partial charge is 0.456 e. The molecule has 0 N–H and O–H groups in total. The van der Waals surface area contributed by atoms with E-state index in [2.05, 4.69) is 254 Å². The Hall–Kier alpha value is -8.72. The van der Waals surface area contributed by atoms with E-state index >= 15 is 0 Å². The average Bonchev–Trinajstić information content (AvgIpc) is 3.93. The summed E-state index contributed by atoms with van der Waals surface area (Å²) in [5, 5.41) is 4.75. The summed E-state index contributed by atoms with van der Waals surface area (Å²) < 4.78 is 6.20. The van der Waals surface area contributed by atoms with Crippen molar-refractivity contribution in [2.24, 2.45) is 0 Å². The molecule has 1 aliphatic carbocycles. The molecule has 1 heterocycles. The van der Waals surface area contributed by atoms with Crippen LogP contribution in [0, 0.1) is 0 Å². The first kappa shape index (κ1) is 38.7. The highest BCUT2D eigenvalue weighted by atomic mass is 16.3. The number of para-hydroxylation sites is 1. The van der Waals surface area contributed by atoms with E-state index in [1.54, 1.807) is 0 Å². The van der Waals surface area contributed by atoms with Gasteiger partial charge in [0.25, 0.3) is 0 Å². The van der Waals surface area contributed by atoms with Gasteiger partial charge in [0.05, 0.1) is 5.41 Å². The van der Waals surface area contributed by atoms with E-state index in [0.29, 0.717) is 0 Å². The molecule has 0 unspecified atom stereocenters. The van der Waals surface area contributed by atoms with Gasteiger partial charge in [-0.3, -0.25) is 0 Å². The highest BCUT2D eigenvalue weighted by molar-refractivity contribution is 6.06. The minimum Gasteiger partial charge on any atom is -0.456 e. The van der Waals surface area contributed by atoms with Crippen LogP contribution in [0.15, 0.2) is 265 Å². The second kappa shape index (κ2) is 15.8. The lowest BCUT2D eigenvalue weighted by molar-refractivity contribution is 0.669. The third-order valence-electron chi connectivity index (χ3n) is 13.9. The fraction of sp³-hybridized carbons (Fsp3) is 0.0154. The molecule has 1 aliphatic rings. The van der Waals surface area contributed by atoms with Crippen LogP contribution in [0.25, 0.3) is 77.2 Å². The van der Waals surface area contributed by atoms with Gasteiger partial charge in [-0.1, -0.05) is 200 Å². The summed E-state index contributed by atoms with van der Waals surface area (Å²) in [6.45, 7) is 0. The first-order chi connectivity index (χ1) is 33.2. The number of hydrogen-bond acceptors (Lipinski definition) is 2. The Balaban J connectivity index is 0.984. The van der Waals surface area contributed by atoms with Gasteiger partial charge in [-0.05, 0) is 138 Å². The molecule has 0 atom stereocenters. The molecule has 2 heteroatoms. The van der Waals surface area contributed by atoms with Crippen LogP contribution in [0.4, 0.5) is 17.1 Å². The molecule has 12 aromatic rings. The summed E-state index contributed by atoms with van der Waals surface area (Å²) in [7, 11) is 0. The molecule has 0 saturated carbocycles. The molecular weight excluding hydrogens is 811 g/mol. The molecule has 0 fully saturated rings. The molecule has 0 radical (unpaired) electrons. The summed E-state index contributed by atoms with van der Waals surface area (Å²) in [4.78, 5) is 2.43. The molecule has 0 amide bonds. The zero-order valence-electron chi connectivity index (χ0n) is 36.7. The minimum absolute atomic E-state index is 0.528. The molecule has 0 saturated heterocycles. The number of nitrogens with zero attached hydrogens (tertiary/aromatic N) is 1. The van der Waals surface area contributed by atoms with Crippen LogP contribution < -0.4 is 4.90 Å². The maximum Gasteiger partial charge on any atom is 0.135 e. The van der Waals surface area contributed by atoms with Gasteiger partial charge in [-0.25, -0.2) is 0 Å². The SMILES string of the molecule is c1ccc(C2(c3ccccc3)c3ccccc3-c3ccc(N(c4ccc(-c5ccc6oc7ccccc7c6c5)cc4)c4cccc(-c5cccc(-c6cccc7ccccc67)c5)c4)cc32)cc1. The lowest BCUT2D eigenvalue weighted by Crippen LogP contribution is -2.28. The zero-order chi connectivity index (χ0) is 44.3. The van der Waals surface area contributed by atoms with Crippen LogP contribution in [0.3, 0.4) is 0 Å². The molecule has 1 aromatic heterocycles. The standard InChI is InChI=1S/C65H43NO/c1-3-21-50(22-4-1)65(51-23-5-2-6-24-51)61-30-11-9-27-57(61)58-38-37-54(43-62(58)65)66(52-35-32-44(33-36-52)48-34-39-64-60(42-48)59-28-10-12-31-63(59)67-64)53-25-14-19-47(41-53)46-18-13-20-49(40-46)56-29-15-17-45-16-7-8-26-55(45)56/h1-43H. The van der Waals surface area contributed by atoms with Crippen molar-refractivity contribution in [1.82, 2.24) is 0 Å². The van der Waals surface area contributed by atoms with Crippen molar-refractivity contribution in [3.8, 4) is 44.5 Å². The first-order valence-corrected chi connectivity index (χ1v) is 23.1. The van der Waals surface area contributed by atoms with Crippen molar-refractivity contribution in [2.75, 3.05) is 4.90 Å². The van der Waals surface area contributed by atoms with Gasteiger partial charge in [0.2, 0.25) is 0 Å². The minimum atomic E-state index is -0.528. The fourth-order valence-corrected chi connectivity index (χ4v) is 10.9. The maximum atomic E-state index is 6.20. The Bertz CT molecular complexity index is 3760. The molecular formula is C65H43NO. The van der Waals surface area contributed by atoms with Gasteiger partial charge in [-0.15, -0.1) is 0 Å². The van der Waals surface area contributed by atoms with Gasteiger partial charge in [0.15, 0.2) is 0 Å². The molecule has 0 bridgehead atoms. The van der Waals surface area contributed by atoms with Crippen LogP contribution in [0.5, 0.6) is 0 Å². The van der Waals surface area contributed by atoms with Gasteiger partial charge >= 0.3 is 0 Å². The van der Waals surface area contributed by atoms with E-state index < -0.39 is 5.41 Å². The number of hydrogen-bond donors (Lipinski definition) is 0. The predicted molar refractivity (Wildman–Crippen MR) is 280 cm³/mol. The fourth-order valence-electron chi connectivity index (χ4n) is 10.9. The van der Waals surface area contributed by atoms with Crippen molar-refractivity contribution >= 4 is 49.8 Å². The van der Waals surface area contributed by atoms with E-state index in [0.717, 1.165) is 55.7 Å². The highest BCUT2D eigenvalue weighted by Gasteiger charge is 2.46. The summed E-state index contributed by atoms with van der Waals surface area (Å²) in [6, 6.07) is 95.2. The van der Waals surface area contributed by atoms with Gasteiger partial charge in [0, 0.05) is 27.8 Å². The molecule has 2 nitrogen and oxygen atoms in total. The van der Waals surface area contributed by atoms with E-state index in [1.165, 1.54) is 60.8 Å². The smallest absolute Gasteiger partial charge is 0.135 e. The normalized spacial score (nSPS) is 12.6. The number of fused-ring (bicyclic) bond motifs is 7. The number of rotatable bonds is 8. The second-order valence-electron chi connectivity index (χ2n) is 17.6. The maximum absolute atomic E-state index is 6.20. The summed E-state index contributed by atoms with van der Waals surface area (Å²) >= 11 is 0. The van der Waals surface area contributed by atoms with E-state index in [9.17, 15) is 0 Å². The van der Waals surface area contributed by atoms with Crippen LogP contribution >= 0.6 is 0 Å². The van der Waals surface area contributed by atoms with Crippen molar-refractivity contribution in [2.45, 2.75) is 5.41 Å². The number of benzene rings is 11. The predicted octanol–water partition coefficient (Wildman–Crippen LogP) is 17.6. The van der Waals surface area contributed by atoms with Gasteiger partial charge in [0.1, 0.15) is 11.2 Å². The second-order valence-corrected chi connectivity index (χ2v) is 17.6. The Morgan fingerprint density at radius 2 is 0.836 bits per heavy atom. The lowest BCUT2D eigenvalue weighted by Gasteiger charge is -2.35. The third kappa shape index (κ3) is 6.33. The topological polar surface area (TPSA) is 16.4 Å². The Morgan fingerprint density at radius 1 is 0.284 bits per heavy atom. The van der Waals surface area contributed by atoms with Crippen LogP contribution in [0.1, 0.15) is 22.3 Å². The van der Waals surface area contributed by atoms with E-state index in [1.807, 2.05) is 12.1 Å². The van der Waals surface area contributed by atoms with Crippen molar-refractivity contribution in [3.63, 3.8) is 0 Å². The van der Waals surface area contributed by atoms with Gasteiger partial charge in [-0.2, -0.15) is 0 Å². The Kier molecular flexibility index (Phi) is 9.11. The van der Waals surface area contributed by atoms with E-state index in [-0.39, 0.29) is 0 Å². The molecule has 67 heavy (non-hydrogen) atoms. The quantitative estimate of drug-likeness (QED) is 0.151. The number of furan rings is 1. The highest BCUT2D eigenvalue weighted by Crippen LogP contribution is 2.57. The molecule has 13 rings (SSSR count). The summed E-state index contributed by atoms with van der Waals surface area (Å²) in [6.07, 6.45) is 0. The van der Waals surface area contributed by atoms with Gasteiger partial charge < -0.3 is 9.32 Å². The molecule has 11 aromatic carbocycles. The molecule has 0 spiro atoms. The number of anilines is 3. The van der Waals surface area contributed by atoms with Crippen molar-refractivity contribution in [3.05, 3.63) is 283 Å². The van der Waals surface area contributed by atoms with Crippen LogP contribution in [-0.4, -0.2) is 0 Å². The van der Waals surface area contributed by atoms with Crippen LogP contribution in [0.2, 0.25) is 0 Å². The zero-order valence-corrected chi connectivity index (χ0v) is 36.7. The third-order valence-corrected chi connectivity index (χ3v) is 13.9. The average molecular weight is 854 g/mol. The Labute approximate surface area is 390 Å². The van der Waals surface area contributed by atoms with Crippen LogP contribution in [-0.2, 0) is 5.41 Å². The first-order valence-electron chi connectivity index (χ1n) is 23.1. The lowest BCUT2D eigenvalue weighted by atomic mass is 9.67. The van der Waals surface area contributed by atoms with Crippen molar-refractivity contribution < 1.29 is 4.42 Å². The molecule has 314 valence electrons.